The molecule has 6 nitrogen and oxygen atoms in total. The third kappa shape index (κ3) is 6.02. The molecule has 3 rings (SSSR count). The van der Waals surface area contributed by atoms with Crippen LogP contribution < -0.4 is 10.6 Å². The van der Waals surface area contributed by atoms with Gasteiger partial charge in [0, 0.05) is 43.3 Å². The molecular weight excluding hydrogens is 467 g/mol. The first-order valence-corrected chi connectivity index (χ1v) is 9.80. The van der Waals surface area contributed by atoms with E-state index in [1.807, 2.05) is 12.3 Å². The molecule has 1 aromatic carbocycles. The number of aliphatic hydroxyl groups excluding tert-OH is 1. The SMILES string of the molecule is CCNC(=NCC1(CCO)CCOC1)NCCc1cccc2cccnc12.I. The lowest BCUT2D eigenvalue weighted by molar-refractivity contribution is 0.131. The molecule has 1 unspecified atom stereocenters. The van der Waals surface area contributed by atoms with E-state index < -0.39 is 0 Å². The summed E-state index contributed by atoms with van der Waals surface area (Å²) < 4.78 is 5.56. The van der Waals surface area contributed by atoms with Gasteiger partial charge in [0.15, 0.2) is 5.96 Å². The number of rotatable bonds is 8. The molecule has 2 aromatic rings. The van der Waals surface area contributed by atoms with Gasteiger partial charge in [0.1, 0.15) is 0 Å². The van der Waals surface area contributed by atoms with Gasteiger partial charge in [0.05, 0.1) is 18.7 Å². The average Bonchev–Trinajstić information content (AvgIpc) is 3.15. The van der Waals surface area contributed by atoms with E-state index in [4.69, 9.17) is 9.73 Å². The molecule has 7 heteroatoms. The molecule has 0 spiro atoms. The largest absolute Gasteiger partial charge is 0.396 e. The Morgan fingerprint density at radius 3 is 2.89 bits per heavy atom. The number of ether oxygens (including phenoxy) is 1. The van der Waals surface area contributed by atoms with E-state index in [1.165, 1.54) is 10.9 Å². The Hall–Kier alpha value is -1.45. The van der Waals surface area contributed by atoms with Gasteiger partial charge in [-0.15, -0.1) is 24.0 Å². The fraction of sp³-hybridized carbons (Fsp3) is 0.524. The minimum Gasteiger partial charge on any atom is -0.396 e. The van der Waals surface area contributed by atoms with Gasteiger partial charge >= 0.3 is 0 Å². The summed E-state index contributed by atoms with van der Waals surface area (Å²) in [4.78, 5) is 9.29. The van der Waals surface area contributed by atoms with Gasteiger partial charge in [0.25, 0.3) is 0 Å². The molecule has 1 fully saturated rings. The van der Waals surface area contributed by atoms with Crippen LogP contribution in [0.5, 0.6) is 0 Å². The van der Waals surface area contributed by atoms with E-state index in [2.05, 4.69) is 46.8 Å². The highest BCUT2D eigenvalue weighted by Gasteiger charge is 2.34. The molecule has 0 bridgehead atoms. The van der Waals surface area contributed by atoms with Gasteiger partial charge < -0.3 is 20.5 Å². The molecule has 154 valence electrons. The second kappa shape index (κ2) is 11.5. The summed E-state index contributed by atoms with van der Waals surface area (Å²) >= 11 is 0. The van der Waals surface area contributed by atoms with Crippen molar-refractivity contribution in [3.05, 3.63) is 42.1 Å². The summed E-state index contributed by atoms with van der Waals surface area (Å²) in [5.74, 6) is 0.815. The van der Waals surface area contributed by atoms with Crippen molar-refractivity contribution >= 4 is 40.8 Å². The van der Waals surface area contributed by atoms with Crippen molar-refractivity contribution < 1.29 is 9.84 Å². The van der Waals surface area contributed by atoms with Crippen molar-refractivity contribution in [3.63, 3.8) is 0 Å². The Bertz CT molecular complexity index is 758. The van der Waals surface area contributed by atoms with Crippen molar-refractivity contribution in [1.82, 2.24) is 15.6 Å². The van der Waals surface area contributed by atoms with Gasteiger partial charge in [-0.1, -0.05) is 24.3 Å². The molecule has 0 radical (unpaired) electrons. The van der Waals surface area contributed by atoms with Crippen LogP contribution in [0.3, 0.4) is 0 Å². The molecule has 0 aliphatic carbocycles. The normalized spacial score (nSPS) is 19.4. The first-order valence-electron chi connectivity index (χ1n) is 9.80. The molecule has 0 amide bonds. The third-order valence-corrected chi connectivity index (χ3v) is 5.15. The summed E-state index contributed by atoms with van der Waals surface area (Å²) in [6.45, 7) is 5.94. The molecule has 28 heavy (non-hydrogen) atoms. The number of aliphatic imine (C=N–C) groups is 1. The van der Waals surface area contributed by atoms with Crippen molar-refractivity contribution in [2.45, 2.75) is 26.2 Å². The molecular formula is C21H31IN4O2. The minimum atomic E-state index is -0.0311. The number of aromatic nitrogens is 1. The molecule has 1 atom stereocenters. The Kier molecular flexibility index (Phi) is 9.40. The van der Waals surface area contributed by atoms with Crippen molar-refractivity contribution in [3.8, 4) is 0 Å². The van der Waals surface area contributed by atoms with Crippen molar-refractivity contribution in [1.29, 1.82) is 0 Å². The van der Waals surface area contributed by atoms with E-state index in [0.29, 0.717) is 13.2 Å². The Morgan fingerprint density at radius 2 is 2.14 bits per heavy atom. The number of nitrogens with one attached hydrogen (secondary N) is 2. The number of guanidine groups is 1. The zero-order valence-corrected chi connectivity index (χ0v) is 18.8. The maximum Gasteiger partial charge on any atom is 0.191 e. The number of benzene rings is 1. The number of aliphatic hydroxyl groups is 1. The highest BCUT2D eigenvalue weighted by Crippen LogP contribution is 2.32. The zero-order valence-electron chi connectivity index (χ0n) is 16.5. The van der Waals surface area contributed by atoms with E-state index in [-0.39, 0.29) is 36.0 Å². The van der Waals surface area contributed by atoms with Crippen LogP contribution in [0.2, 0.25) is 0 Å². The van der Waals surface area contributed by atoms with Gasteiger partial charge in [-0.25, -0.2) is 0 Å². The molecule has 1 aliphatic heterocycles. The maximum absolute atomic E-state index is 9.37. The van der Waals surface area contributed by atoms with Crippen LogP contribution in [0.25, 0.3) is 10.9 Å². The predicted molar refractivity (Wildman–Crippen MR) is 124 cm³/mol. The van der Waals surface area contributed by atoms with Crippen LogP contribution in [-0.4, -0.2) is 55.5 Å². The summed E-state index contributed by atoms with van der Waals surface area (Å²) in [6.07, 6.45) is 4.41. The third-order valence-electron chi connectivity index (χ3n) is 5.15. The highest BCUT2D eigenvalue weighted by atomic mass is 127. The number of pyridine rings is 1. The first kappa shape index (κ1) is 22.8. The highest BCUT2D eigenvalue weighted by molar-refractivity contribution is 14.0. The lowest BCUT2D eigenvalue weighted by Crippen LogP contribution is -2.39. The molecule has 1 saturated heterocycles. The number of hydrogen-bond acceptors (Lipinski definition) is 4. The van der Waals surface area contributed by atoms with Crippen LogP contribution in [0, 0.1) is 5.41 Å². The number of para-hydroxylation sites is 1. The lowest BCUT2D eigenvalue weighted by atomic mass is 9.84. The number of fused-ring (bicyclic) bond motifs is 1. The van der Waals surface area contributed by atoms with Gasteiger partial charge in [0.2, 0.25) is 0 Å². The Balaban J connectivity index is 0.00000280. The number of halogens is 1. The van der Waals surface area contributed by atoms with Crippen LogP contribution in [-0.2, 0) is 11.2 Å². The smallest absolute Gasteiger partial charge is 0.191 e. The molecule has 0 saturated carbocycles. The van der Waals surface area contributed by atoms with Gasteiger partial charge in [-0.05, 0) is 37.8 Å². The van der Waals surface area contributed by atoms with Crippen LogP contribution in [0.15, 0.2) is 41.5 Å². The average molecular weight is 498 g/mol. The van der Waals surface area contributed by atoms with Gasteiger partial charge in [-0.2, -0.15) is 0 Å². The Labute approximate surface area is 184 Å². The maximum atomic E-state index is 9.37. The summed E-state index contributed by atoms with van der Waals surface area (Å²) in [6, 6.07) is 10.4. The Morgan fingerprint density at radius 1 is 1.29 bits per heavy atom. The van der Waals surface area contributed by atoms with E-state index in [1.54, 1.807) is 0 Å². The number of nitrogens with zero attached hydrogens (tertiary/aromatic N) is 2. The summed E-state index contributed by atoms with van der Waals surface area (Å²) in [5.41, 5.74) is 2.27. The molecule has 3 N–H and O–H groups in total. The van der Waals surface area contributed by atoms with Crippen LogP contribution in [0.4, 0.5) is 0 Å². The summed E-state index contributed by atoms with van der Waals surface area (Å²) in [5, 5.41) is 17.3. The fourth-order valence-electron chi connectivity index (χ4n) is 3.56. The second-order valence-electron chi connectivity index (χ2n) is 7.14. The van der Waals surface area contributed by atoms with E-state index >= 15 is 0 Å². The van der Waals surface area contributed by atoms with Crippen LogP contribution >= 0.6 is 24.0 Å². The van der Waals surface area contributed by atoms with E-state index in [0.717, 1.165) is 50.4 Å². The first-order chi connectivity index (χ1) is 13.3. The second-order valence-corrected chi connectivity index (χ2v) is 7.14. The number of hydrogen-bond donors (Lipinski definition) is 3. The molecule has 1 aliphatic rings. The van der Waals surface area contributed by atoms with Crippen LogP contribution in [0.1, 0.15) is 25.3 Å². The molecule has 2 heterocycles. The molecule has 1 aromatic heterocycles. The van der Waals surface area contributed by atoms with Gasteiger partial charge in [-0.3, -0.25) is 9.98 Å². The lowest BCUT2D eigenvalue weighted by Gasteiger charge is -2.24. The minimum absolute atomic E-state index is 0. The monoisotopic (exact) mass is 498 g/mol. The van der Waals surface area contributed by atoms with E-state index in [9.17, 15) is 5.11 Å². The van der Waals surface area contributed by atoms with Crippen molar-refractivity contribution in [2.24, 2.45) is 10.4 Å². The fourth-order valence-corrected chi connectivity index (χ4v) is 3.56. The standard InChI is InChI=1S/C21H30N4O2.HI/c1-2-22-20(25-15-21(9-13-26)10-14-27-16-21)24-12-8-18-6-3-5-17-7-4-11-23-19(17)18;/h3-7,11,26H,2,8-10,12-16H2,1H3,(H2,22,24,25);1H. The predicted octanol–water partition coefficient (Wildman–Crippen LogP) is 2.74. The topological polar surface area (TPSA) is 78.8 Å². The zero-order chi connectivity index (χ0) is 19.0. The van der Waals surface area contributed by atoms with Crippen molar-refractivity contribution in [2.75, 3.05) is 39.5 Å². The quantitative estimate of drug-likeness (QED) is 0.297. The summed E-state index contributed by atoms with van der Waals surface area (Å²) in [7, 11) is 0.